The zero-order chi connectivity index (χ0) is 8.91. The number of rotatable bonds is 5. The lowest BCUT2D eigenvalue weighted by molar-refractivity contribution is -0.300. The van der Waals surface area contributed by atoms with Gasteiger partial charge in [-0.15, -0.1) is 0 Å². The fourth-order valence-electron chi connectivity index (χ4n) is 0.416. The van der Waals surface area contributed by atoms with Gasteiger partial charge in [0, 0.05) is 0 Å². The van der Waals surface area contributed by atoms with E-state index in [9.17, 15) is 17.6 Å². The molecule has 0 aliphatic rings. The van der Waals surface area contributed by atoms with Crippen molar-refractivity contribution in [2.24, 2.45) is 0 Å². The van der Waals surface area contributed by atoms with Crippen LogP contribution < -0.4 is 0 Å². The molecule has 0 radical (unpaired) electrons. The topological polar surface area (TPSA) is 9.23 Å². The van der Waals surface area contributed by atoms with E-state index in [4.69, 9.17) is 0 Å². The van der Waals surface area contributed by atoms with Crippen LogP contribution in [0.1, 0.15) is 19.8 Å². The quantitative estimate of drug-likeness (QED) is 0.460. The van der Waals surface area contributed by atoms with E-state index in [1.807, 2.05) is 0 Å². The van der Waals surface area contributed by atoms with Gasteiger partial charge >= 0.3 is 12.5 Å². The first-order chi connectivity index (χ1) is 5.00. The van der Waals surface area contributed by atoms with Crippen LogP contribution in [0.3, 0.4) is 0 Å². The summed E-state index contributed by atoms with van der Waals surface area (Å²) in [5.74, 6) is 0. The molecule has 0 rings (SSSR count). The molecule has 0 N–H and O–H groups in total. The molecule has 0 amide bonds. The van der Waals surface area contributed by atoms with Gasteiger partial charge in [-0.1, -0.05) is 13.3 Å². The van der Waals surface area contributed by atoms with Crippen molar-refractivity contribution >= 4 is 0 Å². The molecule has 0 aliphatic heterocycles. The van der Waals surface area contributed by atoms with E-state index < -0.39 is 12.5 Å². The monoisotopic (exact) mass is 174 g/mol. The number of hydrogen-bond acceptors (Lipinski definition) is 1. The molecule has 0 heterocycles. The van der Waals surface area contributed by atoms with E-state index in [1.54, 1.807) is 6.92 Å². The van der Waals surface area contributed by atoms with Crippen LogP contribution in [0.15, 0.2) is 0 Å². The fourth-order valence-corrected chi connectivity index (χ4v) is 0.416. The van der Waals surface area contributed by atoms with Gasteiger partial charge in [-0.05, 0) is 6.42 Å². The standard InChI is InChI=1S/C6H10F4O/c1-2-3-4-11-6(9,10)5(7)8/h5H,2-4H2,1H3. The average molecular weight is 174 g/mol. The van der Waals surface area contributed by atoms with E-state index in [0.29, 0.717) is 12.8 Å². The summed E-state index contributed by atoms with van der Waals surface area (Å²) in [6.45, 7) is 1.43. The second kappa shape index (κ2) is 4.54. The van der Waals surface area contributed by atoms with Crippen LogP contribution in [0.4, 0.5) is 17.6 Å². The summed E-state index contributed by atoms with van der Waals surface area (Å²) in [4.78, 5) is 0. The molecule has 0 aromatic heterocycles. The van der Waals surface area contributed by atoms with Crippen molar-refractivity contribution in [2.45, 2.75) is 32.3 Å². The third-order valence-electron chi connectivity index (χ3n) is 1.05. The Morgan fingerprint density at radius 1 is 1.36 bits per heavy atom. The van der Waals surface area contributed by atoms with Crippen LogP contribution in [0, 0.1) is 0 Å². The van der Waals surface area contributed by atoms with Crippen LogP contribution in [0.5, 0.6) is 0 Å². The SMILES string of the molecule is CCCCOC(F)(F)C(F)F. The predicted molar refractivity (Wildman–Crippen MR) is 31.8 cm³/mol. The molecular weight excluding hydrogens is 164 g/mol. The van der Waals surface area contributed by atoms with E-state index in [0.717, 1.165) is 0 Å². The van der Waals surface area contributed by atoms with Crippen LogP contribution in [-0.2, 0) is 4.74 Å². The second-order valence-corrected chi connectivity index (χ2v) is 2.06. The molecule has 0 aromatic carbocycles. The number of hydrogen-bond donors (Lipinski definition) is 0. The molecule has 11 heavy (non-hydrogen) atoms. The molecule has 1 nitrogen and oxygen atoms in total. The van der Waals surface area contributed by atoms with Crippen molar-refractivity contribution in [3.8, 4) is 0 Å². The molecular formula is C6H10F4O. The third-order valence-corrected chi connectivity index (χ3v) is 1.05. The molecule has 0 fully saturated rings. The predicted octanol–water partition coefficient (Wildman–Crippen LogP) is 2.66. The second-order valence-electron chi connectivity index (χ2n) is 2.06. The minimum Gasteiger partial charge on any atom is -0.316 e. The lowest BCUT2D eigenvalue weighted by atomic mass is 10.4. The summed E-state index contributed by atoms with van der Waals surface area (Å²) < 4.78 is 50.2. The Morgan fingerprint density at radius 2 is 1.91 bits per heavy atom. The molecule has 0 aliphatic carbocycles. The van der Waals surface area contributed by atoms with Crippen LogP contribution >= 0.6 is 0 Å². The highest BCUT2D eigenvalue weighted by Gasteiger charge is 2.41. The first-order valence-electron chi connectivity index (χ1n) is 3.30. The molecule has 0 saturated carbocycles. The minimum absolute atomic E-state index is 0.326. The third kappa shape index (κ3) is 4.19. The Morgan fingerprint density at radius 3 is 2.27 bits per heavy atom. The van der Waals surface area contributed by atoms with Crippen molar-refractivity contribution in [1.29, 1.82) is 0 Å². The van der Waals surface area contributed by atoms with Crippen molar-refractivity contribution in [2.75, 3.05) is 6.61 Å². The molecule has 0 bridgehead atoms. The summed E-state index contributed by atoms with van der Waals surface area (Å²) in [7, 11) is 0. The lowest BCUT2D eigenvalue weighted by Gasteiger charge is -2.14. The van der Waals surface area contributed by atoms with Crippen molar-refractivity contribution < 1.29 is 22.3 Å². The Hall–Kier alpha value is -0.320. The first-order valence-corrected chi connectivity index (χ1v) is 3.30. The zero-order valence-electron chi connectivity index (χ0n) is 6.12. The highest BCUT2D eigenvalue weighted by atomic mass is 19.3. The average Bonchev–Trinajstić information content (AvgIpc) is 1.88. The molecule has 0 spiro atoms. The number of halogens is 4. The van der Waals surface area contributed by atoms with Gasteiger partial charge in [0.1, 0.15) is 0 Å². The molecule has 5 heteroatoms. The summed E-state index contributed by atoms with van der Waals surface area (Å²) >= 11 is 0. The van der Waals surface area contributed by atoms with Gasteiger partial charge in [-0.3, -0.25) is 0 Å². The summed E-state index contributed by atoms with van der Waals surface area (Å²) in [6, 6.07) is 0. The summed E-state index contributed by atoms with van der Waals surface area (Å²) in [6.07, 6.45) is -7.02. The highest BCUT2D eigenvalue weighted by molar-refractivity contribution is 4.54. The fraction of sp³-hybridized carbons (Fsp3) is 1.00. The van der Waals surface area contributed by atoms with E-state index >= 15 is 0 Å². The summed E-state index contributed by atoms with van der Waals surface area (Å²) in [5.41, 5.74) is 0. The smallest absolute Gasteiger partial charge is 0.316 e. The maximum atomic E-state index is 11.9. The normalized spacial score (nSPS) is 12.5. The van der Waals surface area contributed by atoms with Crippen molar-refractivity contribution in [1.82, 2.24) is 0 Å². The molecule has 68 valence electrons. The van der Waals surface area contributed by atoms with Crippen molar-refractivity contribution in [3.63, 3.8) is 0 Å². The molecule has 0 unspecified atom stereocenters. The largest absolute Gasteiger partial charge is 0.416 e. The summed E-state index contributed by atoms with van der Waals surface area (Å²) in [5, 5.41) is 0. The maximum absolute atomic E-state index is 11.9. The van der Waals surface area contributed by atoms with Gasteiger partial charge in [0.2, 0.25) is 0 Å². The van der Waals surface area contributed by atoms with Gasteiger partial charge in [-0.25, -0.2) is 8.78 Å². The number of unbranched alkanes of at least 4 members (excludes halogenated alkanes) is 1. The first kappa shape index (κ1) is 10.7. The van der Waals surface area contributed by atoms with Crippen LogP contribution in [0.2, 0.25) is 0 Å². The van der Waals surface area contributed by atoms with Gasteiger partial charge in [0.05, 0.1) is 6.61 Å². The van der Waals surface area contributed by atoms with Gasteiger partial charge in [0.25, 0.3) is 0 Å². The van der Waals surface area contributed by atoms with E-state index in [1.165, 1.54) is 0 Å². The number of alkyl halides is 4. The van der Waals surface area contributed by atoms with Crippen molar-refractivity contribution in [3.05, 3.63) is 0 Å². The van der Waals surface area contributed by atoms with Gasteiger partial charge in [-0.2, -0.15) is 8.78 Å². The van der Waals surface area contributed by atoms with E-state index in [2.05, 4.69) is 4.74 Å². The molecule has 0 saturated heterocycles. The zero-order valence-corrected chi connectivity index (χ0v) is 6.12. The Kier molecular flexibility index (Phi) is 4.40. The Bertz CT molecular complexity index is 105. The van der Waals surface area contributed by atoms with Gasteiger partial charge < -0.3 is 4.74 Å². The van der Waals surface area contributed by atoms with Crippen LogP contribution in [-0.4, -0.2) is 19.1 Å². The Labute approximate surface area is 62.3 Å². The molecule has 0 aromatic rings. The molecule has 0 atom stereocenters. The highest BCUT2D eigenvalue weighted by Crippen LogP contribution is 2.24. The minimum atomic E-state index is -4.28. The van der Waals surface area contributed by atoms with Gasteiger partial charge in [0.15, 0.2) is 0 Å². The number of ether oxygens (including phenoxy) is 1. The maximum Gasteiger partial charge on any atom is 0.416 e. The Balaban J connectivity index is 3.55. The lowest BCUT2D eigenvalue weighted by Crippen LogP contribution is -2.30. The van der Waals surface area contributed by atoms with E-state index in [-0.39, 0.29) is 6.61 Å². The van der Waals surface area contributed by atoms with Crippen LogP contribution in [0.25, 0.3) is 0 Å².